The summed E-state index contributed by atoms with van der Waals surface area (Å²) in [5.74, 6) is -0.806. The van der Waals surface area contributed by atoms with Crippen molar-refractivity contribution < 1.29 is 24.2 Å². The minimum absolute atomic E-state index is 0.0537. The molecule has 0 heterocycles. The van der Waals surface area contributed by atoms with Crippen LogP contribution in [0.3, 0.4) is 0 Å². The van der Waals surface area contributed by atoms with Crippen LogP contribution in [0.2, 0.25) is 5.02 Å². The first-order chi connectivity index (χ1) is 11.4. The summed E-state index contributed by atoms with van der Waals surface area (Å²) in [5.41, 5.74) is -0.511. The highest BCUT2D eigenvalue weighted by molar-refractivity contribution is 6.31. The molecule has 0 spiro atoms. The Morgan fingerprint density at radius 2 is 2.12 bits per heavy atom. The Bertz CT molecular complexity index is 615. The summed E-state index contributed by atoms with van der Waals surface area (Å²) < 4.78 is 10.8. The van der Waals surface area contributed by atoms with Crippen LogP contribution in [0.4, 0.5) is 5.69 Å². The number of halogens is 1. The smallest absolute Gasteiger partial charge is 0.310 e. The quantitative estimate of drug-likeness (QED) is 0.747. The van der Waals surface area contributed by atoms with E-state index >= 15 is 0 Å². The molecule has 1 aliphatic carbocycles. The molecule has 7 heteroatoms. The highest BCUT2D eigenvalue weighted by atomic mass is 35.5. The number of methoxy groups -OCH3 is 1. The third kappa shape index (κ3) is 4.39. The lowest BCUT2D eigenvalue weighted by atomic mass is 9.66. The number of carboxylic acids is 1. The molecule has 2 rings (SSSR count). The summed E-state index contributed by atoms with van der Waals surface area (Å²) in [6.07, 6.45) is 1.63. The minimum Gasteiger partial charge on any atom is -0.486 e. The third-order valence-electron chi connectivity index (χ3n) is 4.21. The molecule has 1 fully saturated rings. The normalized spacial score (nSPS) is 16.8. The maximum atomic E-state index is 12.3. The number of benzene rings is 1. The molecule has 0 aliphatic heterocycles. The Labute approximate surface area is 146 Å². The lowest BCUT2D eigenvalue weighted by molar-refractivity contribution is -0.157. The van der Waals surface area contributed by atoms with Crippen molar-refractivity contribution in [3.8, 4) is 5.75 Å². The number of carboxylic acid groups (broad SMARTS) is 1. The average molecular weight is 356 g/mol. The van der Waals surface area contributed by atoms with Gasteiger partial charge < -0.3 is 19.9 Å². The van der Waals surface area contributed by atoms with E-state index in [1.807, 2.05) is 6.92 Å². The predicted molar refractivity (Wildman–Crippen MR) is 90.6 cm³/mol. The number of carbonyl (C=O) groups excluding carboxylic acids is 1. The number of aliphatic carboxylic acids is 1. The first kappa shape index (κ1) is 18.5. The molecule has 1 amide bonds. The van der Waals surface area contributed by atoms with E-state index in [4.69, 9.17) is 21.1 Å². The lowest BCUT2D eigenvalue weighted by Crippen LogP contribution is -2.41. The Morgan fingerprint density at radius 1 is 1.42 bits per heavy atom. The highest BCUT2D eigenvalue weighted by Gasteiger charge is 2.45. The zero-order valence-corrected chi connectivity index (χ0v) is 14.6. The fourth-order valence-electron chi connectivity index (χ4n) is 2.76. The molecular weight excluding hydrogens is 334 g/mol. The van der Waals surface area contributed by atoms with Gasteiger partial charge in [-0.2, -0.15) is 0 Å². The van der Waals surface area contributed by atoms with Gasteiger partial charge in [-0.25, -0.2) is 0 Å². The van der Waals surface area contributed by atoms with Gasteiger partial charge in [-0.05, 0) is 38.0 Å². The lowest BCUT2D eigenvalue weighted by Gasteiger charge is -2.36. The Hall–Kier alpha value is -1.79. The van der Waals surface area contributed by atoms with Crippen molar-refractivity contribution in [2.45, 2.75) is 38.7 Å². The standard InChI is InChI=1S/C17H22ClNO5/c1-11(10-23-2)24-14-5-4-12(18)8-13(14)19-15(20)9-17(16(21)22)6-3-7-17/h4-5,8,11H,3,6-7,9-10H2,1-2H3,(H,19,20)(H,21,22). The zero-order chi connectivity index (χ0) is 17.7. The first-order valence-electron chi connectivity index (χ1n) is 7.85. The predicted octanol–water partition coefficient (Wildman–Crippen LogP) is 3.34. The van der Waals surface area contributed by atoms with Crippen molar-refractivity contribution >= 4 is 29.2 Å². The van der Waals surface area contributed by atoms with E-state index in [1.165, 1.54) is 0 Å². The Kier molecular flexibility index (Phi) is 6.07. The number of amides is 1. The average Bonchev–Trinajstić information content (AvgIpc) is 2.45. The molecule has 0 aromatic heterocycles. The largest absolute Gasteiger partial charge is 0.486 e. The molecule has 6 nitrogen and oxygen atoms in total. The molecule has 2 N–H and O–H groups in total. The van der Waals surface area contributed by atoms with Crippen molar-refractivity contribution in [1.82, 2.24) is 0 Å². The van der Waals surface area contributed by atoms with Crippen LogP contribution in [0, 0.1) is 5.41 Å². The van der Waals surface area contributed by atoms with E-state index < -0.39 is 11.4 Å². The summed E-state index contributed by atoms with van der Waals surface area (Å²) in [6.45, 7) is 2.25. The van der Waals surface area contributed by atoms with Crippen molar-refractivity contribution in [3.05, 3.63) is 23.2 Å². The summed E-state index contributed by atoms with van der Waals surface area (Å²) in [4.78, 5) is 23.7. The Morgan fingerprint density at radius 3 is 2.67 bits per heavy atom. The number of ether oxygens (including phenoxy) is 2. The van der Waals surface area contributed by atoms with E-state index in [-0.39, 0.29) is 18.4 Å². The van der Waals surface area contributed by atoms with Crippen LogP contribution in [-0.4, -0.2) is 36.8 Å². The topological polar surface area (TPSA) is 84.9 Å². The first-order valence-corrected chi connectivity index (χ1v) is 8.22. The number of hydrogen-bond donors (Lipinski definition) is 2. The molecule has 1 aromatic rings. The fourth-order valence-corrected chi connectivity index (χ4v) is 2.93. The van der Waals surface area contributed by atoms with Crippen LogP contribution in [0.15, 0.2) is 18.2 Å². The summed E-state index contributed by atoms with van der Waals surface area (Å²) in [5, 5.41) is 12.5. The van der Waals surface area contributed by atoms with Crippen molar-refractivity contribution in [2.24, 2.45) is 5.41 Å². The van der Waals surface area contributed by atoms with E-state index in [1.54, 1.807) is 25.3 Å². The van der Waals surface area contributed by atoms with Gasteiger partial charge in [-0.15, -0.1) is 0 Å². The van der Waals surface area contributed by atoms with Crippen LogP contribution < -0.4 is 10.1 Å². The number of anilines is 1. The van der Waals surface area contributed by atoms with Crippen molar-refractivity contribution in [3.63, 3.8) is 0 Å². The molecule has 1 atom stereocenters. The second-order valence-electron chi connectivity index (χ2n) is 6.19. The minimum atomic E-state index is -0.937. The molecule has 1 aliphatic rings. The number of carbonyl (C=O) groups is 2. The summed E-state index contributed by atoms with van der Waals surface area (Å²) >= 11 is 5.99. The van der Waals surface area contributed by atoms with E-state index in [0.717, 1.165) is 6.42 Å². The van der Waals surface area contributed by atoms with Gasteiger partial charge >= 0.3 is 5.97 Å². The van der Waals surface area contributed by atoms with E-state index in [2.05, 4.69) is 5.32 Å². The van der Waals surface area contributed by atoms with Gasteiger partial charge in [0.25, 0.3) is 0 Å². The van der Waals surface area contributed by atoms with Crippen molar-refractivity contribution in [2.75, 3.05) is 19.0 Å². The molecule has 1 aromatic carbocycles. The number of hydrogen-bond acceptors (Lipinski definition) is 4. The third-order valence-corrected chi connectivity index (χ3v) is 4.44. The molecule has 24 heavy (non-hydrogen) atoms. The van der Waals surface area contributed by atoms with Crippen LogP contribution in [0.1, 0.15) is 32.6 Å². The molecule has 0 saturated heterocycles. The fraction of sp³-hybridized carbons (Fsp3) is 0.529. The molecular formula is C17H22ClNO5. The SMILES string of the molecule is COCC(C)Oc1ccc(Cl)cc1NC(=O)CC1(C(=O)O)CCC1. The number of rotatable bonds is 8. The van der Waals surface area contributed by atoms with Crippen LogP contribution in [0.5, 0.6) is 5.75 Å². The van der Waals surface area contributed by atoms with Crippen LogP contribution in [-0.2, 0) is 14.3 Å². The maximum absolute atomic E-state index is 12.3. The maximum Gasteiger partial charge on any atom is 0.310 e. The number of nitrogens with one attached hydrogen (secondary N) is 1. The summed E-state index contributed by atoms with van der Waals surface area (Å²) in [7, 11) is 1.58. The van der Waals surface area contributed by atoms with E-state index in [0.29, 0.717) is 35.9 Å². The second kappa shape index (κ2) is 7.85. The van der Waals surface area contributed by atoms with Crippen LogP contribution in [0.25, 0.3) is 0 Å². The van der Waals surface area contributed by atoms with Gasteiger partial charge in [-0.1, -0.05) is 18.0 Å². The van der Waals surface area contributed by atoms with Gasteiger partial charge in [-0.3, -0.25) is 9.59 Å². The van der Waals surface area contributed by atoms with Crippen LogP contribution >= 0.6 is 11.6 Å². The molecule has 0 radical (unpaired) electrons. The summed E-state index contributed by atoms with van der Waals surface area (Å²) in [6, 6.07) is 4.92. The monoisotopic (exact) mass is 355 g/mol. The highest BCUT2D eigenvalue weighted by Crippen LogP contribution is 2.44. The van der Waals surface area contributed by atoms with E-state index in [9.17, 15) is 14.7 Å². The van der Waals surface area contributed by atoms with Gasteiger partial charge in [0.1, 0.15) is 11.9 Å². The second-order valence-corrected chi connectivity index (χ2v) is 6.62. The molecule has 1 saturated carbocycles. The molecule has 1 unspecified atom stereocenters. The Balaban J connectivity index is 2.09. The zero-order valence-electron chi connectivity index (χ0n) is 13.8. The molecule has 0 bridgehead atoms. The molecule has 132 valence electrons. The van der Waals surface area contributed by atoms with Gasteiger partial charge in [0.15, 0.2) is 0 Å². The van der Waals surface area contributed by atoms with Gasteiger partial charge in [0.2, 0.25) is 5.91 Å². The van der Waals surface area contributed by atoms with Crippen molar-refractivity contribution in [1.29, 1.82) is 0 Å². The van der Waals surface area contributed by atoms with Gasteiger partial charge in [0.05, 0.1) is 17.7 Å². The van der Waals surface area contributed by atoms with Gasteiger partial charge in [0, 0.05) is 18.6 Å².